The molecule has 0 spiro atoms. The van der Waals surface area contributed by atoms with Crippen molar-refractivity contribution < 1.29 is 18.7 Å². The summed E-state index contributed by atoms with van der Waals surface area (Å²) in [5, 5.41) is 5.25. The maximum atomic E-state index is 13.2. The Balaban J connectivity index is 1.86. The van der Waals surface area contributed by atoms with E-state index < -0.39 is 17.4 Å². The standard InChI is InChI=1S/C22H15ClN2O5/c1-2-29-22(28)19-17(12-25(24-19)15-8-5-7-14(23)11-15)20(26)16-10-13-6-3-4-9-18(13)30-21(16)27/h3-12H,2H2,1H3. The highest BCUT2D eigenvalue weighted by Crippen LogP contribution is 2.21. The first kappa shape index (κ1) is 19.6. The lowest BCUT2D eigenvalue weighted by Gasteiger charge is -2.02. The second-order valence-electron chi connectivity index (χ2n) is 6.35. The second kappa shape index (κ2) is 7.96. The molecule has 0 atom stereocenters. The summed E-state index contributed by atoms with van der Waals surface area (Å²) >= 11 is 6.03. The van der Waals surface area contributed by atoms with Crippen LogP contribution in [0.25, 0.3) is 16.7 Å². The summed E-state index contributed by atoms with van der Waals surface area (Å²) in [4.78, 5) is 38.1. The van der Waals surface area contributed by atoms with Gasteiger partial charge in [-0.3, -0.25) is 4.79 Å². The molecule has 0 saturated carbocycles. The van der Waals surface area contributed by atoms with Crippen LogP contribution < -0.4 is 5.63 Å². The summed E-state index contributed by atoms with van der Waals surface area (Å²) in [6, 6.07) is 15.0. The molecule has 0 radical (unpaired) electrons. The minimum Gasteiger partial charge on any atom is -0.461 e. The SMILES string of the molecule is CCOC(=O)c1nn(-c2cccc(Cl)c2)cc1C(=O)c1cc2ccccc2oc1=O. The molecule has 4 aromatic rings. The molecule has 2 heterocycles. The zero-order valence-corrected chi connectivity index (χ0v) is 16.6. The number of ketones is 1. The third-order valence-corrected chi connectivity index (χ3v) is 4.62. The van der Waals surface area contributed by atoms with E-state index in [-0.39, 0.29) is 23.4 Å². The maximum Gasteiger partial charge on any atom is 0.359 e. The van der Waals surface area contributed by atoms with Gasteiger partial charge < -0.3 is 9.15 Å². The van der Waals surface area contributed by atoms with E-state index in [9.17, 15) is 14.4 Å². The molecule has 8 heteroatoms. The first-order valence-corrected chi connectivity index (χ1v) is 9.46. The van der Waals surface area contributed by atoms with Gasteiger partial charge in [0.2, 0.25) is 5.78 Å². The van der Waals surface area contributed by atoms with Crippen molar-refractivity contribution in [3.63, 3.8) is 0 Å². The van der Waals surface area contributed by atoms with Crippen molar-refractivity contribution in [3.05, 3.63) is 93.1 Å². The van der Waals surface area contributed by atoms with Crippen LogP contribution in [0.2, 0.25) is 5.02 Å². The van der Waals surface area contributed by atoms with Gasteiger partial charge in [0.1, 0.15) is 11.1 Å². The minimum atomic E-state index is -0.802. The fourth-order valence-electron chi connectivity index (χ4n) is 3.01. The molecule has 4 rings (SSSR count). The number of aromatic nitrogens is 2. The maximum absolute atomic E-state index is 13.2. The second-order valence-corrected chi connectivity index (χ2v) is 6.79. The van der Waals surface area contributed by atoms with Crippen molar-refractivity contribution in [3.8, 4) is 5.69 Å². The minimum absolute atomic E-state index is 0.0731. The molecule has 0 aliphatic rings. The molecule has 0 bridgehead atoms. The Morgan fingerprint density at radius 2 is 1.90 bits per heavy atom. The zero-order valence-electron chi connectivity index (χ0n) is 15.8. The van der Waals surface area contributed by atoms with Crippen molar-refractivity contribution in [1.82, 2.24) is 9.78 Å². The number of carbonyl (C=O) groups excluding carboxylic acids is 2. The Labute approximate surface area is 175 Å². The number of halogens is 1. The summed E-state index contributed by atoms with van der Waals surface area (Å²) in [5.74, 6) is -1.46. The van der Waals surface area contributed by atoms with E-state index in [1.807, 2.05) is 0 Å². The van der Waals surface area contributed by atoms with Gasteiger partial charge in [0.25, 0.3) is 0 Å². The highest BCUT2D eigenvalue weighted by molar-refractivity contribution is 6.30. The number of rotatable bonds is 5. The Bertz CT molecular complexity index is 1340. The number of ether oxygens (including phenoxy) is 1. The molecule has 2 aromatic heterocycles. The average Bonchev–Trinajstić information content (AvgIpc) is 3.19. The quantitative estimate of drug-likeness (QED) is 0.274. The summed E-state index contributed by atoms with van der Waals surface area (Å²) in [6.45, 7) is 1.75. The number of hydrogen-bond donors (Lipinski definition) is 0. The fourth-order valence-corrected chi connectivity index (χ4v) is 3.19. The van der Waals surface area contributed by atoms with Gasteiger partial charge in [0.05, 0.1) is 17.9 Å². The van der Waals surface area contributed by atoms with Crippen LogP contribution in [0.4, 0.5) is 0 Å². The molecule has 30 heavy (non-hydrogen) atoms. The highest BCUT2D eigenvalue weighted by Gasteiger charge is 2.27. The van der Waals surface area contributed by atoms with Crippen LogP contribution in [0.3, 0.4) is 0 Å². The topological polar surface area (TPSA) is 91.4 Å². The van der Waals surface area contributed by atoms with E-state index in [1.165, 1.54) is 16.9 Å². The van der Waals surface area contributed by atoms with Crippen molar-refractivity contribution in [1.29, 1.82) is 0 Å². The summed E-state index contributed by atoms with van der Waals surface area (Å²) in [6.07, 6.45) is 1.37. The summed E-state index contributed by atoms with van der Waals surface area (Å²) in [7, 11) is 0. The normalized spacial score (nSPS) is 10.9. The van der Waals surface area contributed by atoms with Crippen molar-refractivity contribution in [2.24, 2.45) is 0 Å². The first-order valence-electron chi connectivity index (χ1n) is 9.08. The summed E-state index contributed by atoms with van der Waals surface area (Å²) < 4.78 is 11.6. The number of fused-ring (bicyclic) bond motifs is 1. The predicted octanol–water partition coefficient (Wildman–Crippen LogP) is 4.04. The molecular formula is C22H15ClN2O5. The number of para-hydroxylation sites is 1. The molecule has 0 N–H and O–H groups in total. The van der Waals surface area contributed by atoms with Crippen LogP contribution >= 0.6 is 11.6 Å². The molecule has 7 nitrogen and oxygen atoms in total. The molecule has 0 unspecified atom stereocenters. The van der Waals surface area contributed by atoms with E-state index in [0.29, 0.717) is 21.7 Å². The van der Waals surface area contributed by atoms with Crippen molar-refractivity contribution >= 4 is 34.3 Å². The molecule has 0 amide bonds. The van der Waals surface area contributed by atoms with E-state index >= 15 is 0 Å². The van der Waals surface area contributed by atoms with Crippen LogP contribution in [0, 0.1) is 0 Å². The number of carbonyl (C=O) groups is 2. The third-order valence-electron chi connectivity index (χ3n) is 4.39. The Hall–Kier alpha value is -3.71. The van der Waals surface area contributed by atoms with E-state index in [2.05, 4.69) is 5.10 Å². The van der Waals surface area contributed by atoms with Gasteiger partial charge in [0.15, 0.2) is 5.69 Å². The van der Waals surface area contributed by atoms with Crippen LogP contribution in [-0.4, -0.2) is 28.1 Å². The molecule has 150 valence electrons. The van der Waals surface area contributed by atoms with Crippen molar-refractivity contribution in [2.45, 2.75) is 6.92 Å². The largest absolute Gasteiger partial charge is 0.461 e. The number of hydrogen-bond acceptors (Lipinski definition) is 6. The van der Waals surface area contributed by atoms with Crippen LogP contribution in [0.15, 0.2) is 70.0 Å². The molecule has 0 aliphatic carbocycles. The lowest BCUT2D eigenvalue weighted by Crippen LogP contribution is -2.17. The first-order chi connectivity index (χ1) is 14.5. The Morgan fingerprint density at radius 1 is 1.10 bits per heavy atom. The number of esters is 1. The lowest BCUT2D eigenvalue weighted by molar-refractivity contribution is 0.0516. The van der Waals surface area contributed by atoms with E-state index in [4.69, 9.17) is 20.8 Å². The smallest absolute Gasteiger partial charge is 0.359 e. The number of benzene rings is 2. The molecule has 2 aromatic carbocycles. The van der Waals surface area contributed by atoms with E-state index in [0.717, 1.165) is 0 Å². The Kier molecular flexibility index (Phi) is 5.20. The van der Waals surface area contributed by atoms with Gasteiger partial charge in [-0.1, -0.05) is 35.9 Å². The molecule has 0 aliphatic heterocycles. The fraction of sp³-hybridized carbons (Fsp3) is 0.0909. The Morgan fingerprint density at radius 3 is 2.67 bits per heavy atom. The van der Waals surface area contributed by atoms with Crippen LogP contribution in [0.5, 0.6) is 0 Å². The number of nitrogens with zero attached hydrogens (tertiary/aromatic N) is 2. The van der Waals surface area contributed by atoms with E-state index in [1.54, 1.807) is 55.5 Å². The van der Waals surface area contributed by atoms with Gasteiger partial charge in [-0.15, -0.1) is 0 Å². The van der Waals surface area contributed by atoms with Crippen molar-refractivity contribution in [2.75, 3.05) is 6.61 Å². The highest BCUT2D eigenvalue weighted by atomic mass is 35.5. The lowest BCUT2D eigenvalue weighted by atomic mass is 10.0. The van der Waals surface area contributed by atoms with Gasteiger partial charge in [-0.25, -0.2) is 14.3 Å². The molecular weight excluding hydrogens is 408 g/mol. The zero-order chi connectivity index (χ0) is 21.3. The average molecular weight is 423 g/mol. The molecule has 0 fully saturated rings. The van der Waals surface area contributed by atoms with Gasteiger partial charge >= 0.3 is 11.6 Å². The van der Waals surface area contributed by atoms with Gasteiger partial charge in [-0.05, 0) is 37.3 Å². The summed E-state index contributed by atoms with van der Waals surface area (Å²) in [5.41, 5.74) is -0.378. The molecule has 0 saturated heterocycles. The predicted molar refractivity (Wildman–Crippen MR) is 110 cm³/mol. The van der Waals surface area contributed by atoms with Gasteiger partial charge in [0, 0.05) is 16.6 Å². The monoisotopic (exact) mass is 422 g/mol. The van der Waals surface area contributed by atoms with Crippen LogP contribution in [0.1, 0.15) is 33.3 Å². The van der Waals surface area contributed by atoms with Gasteiger partial charge in [-0.2, -0.15) is 5.10 Å². The third kappa shape index (κ3) is 3.62. The van der Waals surface area contributed by atoms with Crippen LogP contribution in [-0.2, 0) is 4.74 Å².